The van der Waals surface area contributed by atoms with Gasteiger partial charge in [0, 0.05) is 58.4 Å². The van der Waals surface area contributed by atoms with E-state index in [-0.39, 0.29) is 0 Å². The van der Waals surface area contributed by atoms with Gasteiger partial charge >= 0.3 is 0 Å². The van der Waals surface area contributed by atoms with Crippen LogP contribution in [0.15, 0.2) is 0 Å². The van der Waals surface area contributed by atoms with Crippen LogP contribution in [0.5, 0.6) is 0 Å². The van der Waals surface area contributed by atoms with Crippen LogP contribution in [-0.2, 0) is 0 Å². The summed E-state index contributed by atoms with van der Waals surface area (Å²) in [6.07, 6.45) is 13.0. The SMILES string of the molecule is C1CCCC(N2CCCCNCC2)CCC1.NCCN.NCCN.NCCN. The fourth-order valence-corrected chi connectivity index (χ4v) is 3.19. The Bertz CT molecular complexity index is 217. The van der Waals surface area contributed by atoms with Crippen molar-refractivity contribution in [1.82, 2.24) is 10.2 Å². The summed E-state index contributed by atoms with van der Waals surface area (Å²) in [7, 11) is 0. The highest BCUT2D eigenvalue weighted by Gasteiger charge is 2.19. The number of hydrogen-bond donors (Lipinski definition) is 7. The van der Waals surface area contributed by atoms with Gasteiger partial charge in [0.15, 0.2) is 0 Å². The molecule has 172 valence electrons. The summed E-state index contributed by atoms with van der Waals surface area (Å²) in [6.45, 7) is 8.66. The molecule has 1 heterocycles. The van der Waals surface area contributed by atoms with Crippen molar-refractivity contribution in [3.05, 3.63) is 0 Å². The molecule has 2 fully saturated rings. The van der Waals surface area contributed by atoms with Crippen molar-refractivity contribution in [3.8, 4) is 0 Å². The van der Waals surface area contributed by atoms with E-state index in [0.29, 0.717) is 39.3 Å². The summed E-state index contributed by atoms with van der Waals surface area (Å²) >= 11 is 0. The van der Waals surface area contributed by atoms with Crippen LogP contribution in [0, 0.1) is 0 Å². The van der Waals surface area contributed by atoms with Gasteiger partial charge in [-0.2, -0.15) is 0 Å². The number of hydrogen-bond acceptors (Lipinski definition) is 8. The van der Waals surface area contributed by atoms with Crippen LogP contribution in [0.2, 0.25) is 0 Å². The second kappa shape index (κ2) is 26.7. The molecule has 1 saturated carbocycles. The van der Waals surface area contributed by atoms with Crippen molar-refractivity contribution in [2.24, 2.45) is 34.4 Å². The van der Waals surface area contributed by atoms with Gasteiger partial charge in [0.1, 0.15) is 0 Å². The summed E-state index contributed by atoms with van der Waals surface area (Å²) in [6, 6.07) is 0.903. The van der Waals surface area contributed by atoms with Crippen molar-refractivity contribution >= 4 is 0 Å². The second-order valence-corrected chi connectivity index (χ2v) is 7.22. The molecule has 0 spiro atoms. The summed E-state index contributed by atoms with van der Waals surface area (Å²) in [5.41, 5.74) is 29.4. The average Bonchev–Trinajstić information content (AvgIpc) is 2.69. The van der Waals surface area contributed by atoms with E-state index in [1.165, 1.54) is 84.0 Å². The van der Waals surface area contributed by atoms with E-state index >= 15 is 0 Å². The van der Waals surface area contributed by atoms with E-state index in [2.05, 4.69) is 10.2 Å². The minimum Gasteiger partial charge on any atom is -0.329 e. The number of nitrogens with zero attached hydrogens (tertiary/aromatic N) is 1. The van der Waals surface area contributed by atoms with Gasteiger partial charge in [-0.1, -0.05) is 32.1 Å². The predicted octanol–water partition coefficient (Wildman–Crippen LogP) is -0.504. The first-order valence-electron chi connectivity index (χ1n) is 11.4. The van der Waals surface area contributed by atoms with Crippen LogP contribution in [0.25, 0.3) is 0 Å². The second-order valence-electron chi connectivity index (χ2n) is 7.22. The van der Waals surface area contributed by atoms with Gasteiger partial charge < -0.3 is 39.7 Å². The van der Waals surface area contributed by atoms with Gasteiger partial charge in [-0.05, 0) is 38.8 Å². The molecule has 8 nitrogen and oxygen atoms in total. The van der Waals surface area contributed by atoms with Gasteiger partial charge in [-0.25, -0.2) is 0 Å². The Kier molecular flexibility index (Phi) is 28.5. The maximum absolute atomic E-state index is 4.90. The molecule has 1 aliphatic carbocycles. The molecule has 0 aromatic heterocycles. The third-order valence-corrected chi connectivity index (χ3v) is 4.72. The Morgan fingerprint density at radius 2 is 1.00 bits per heavy atom. The van der Waals surface area contributed by atoms with Crippen LogP contribution in [0.4, 0.5) is 0 Å². The lowest BCUT2D eigenvalue weighted by Crippen LogP contribution is -2.42. The fraction of sp³-hybridized carbons (Fsp3) is 1.00. The maximum atomic E-state index is 4.90. The lowest BCUT2D eigenvalue weighted by atomic mass is 9.95. The molecule has 0 aromatic carbocycles. The quantitative estimate of drug-likeness (QED) is 0.328. The molecule has 1 saturated heterocycles. The first-order valence-corrected chi connectivity index (χ1v) is 11.4. The van der Waals surface area contributed by atoms with E-state index < -0.39 is 0 Å². The smallest absolute Gasteiger partial charge is 0.0110 e. The van der Waals surface area contributed by atoms with Gasteiger partial charge in [0.2, 0.25) is 0 Å². The molecule has 13 N–H and O–H groups in total. The fourth-order valence-electron chi connectivity index (χ4n) is 3.19. The topological polar surface area (TPSA) is 171 Å². The van der Waals surface area contributed by atoms with E-state index in [0.717, 1.165) is 6.04 Å². The molecule has 0 radical (unpaired) electrons. The summed E-state index contributed by atoms with van der Waals surface area (Å²) < 4.78 is 0. The molecule has 0 amide bonds. The zero-order valence-corrected chi connectivity index (χ0v) is 18.4. The third-order valence-electron chi connectivity index (χ3n) is 4.72. The zero-order chi connectivity index (χ0) is 21.3. The molecule has 2 rings (SSSR count). The van der Waals surface area contributed by atoms with E-state index in [9.17, 15) is 0 Å². The van der Waals surface area contributed by atoms with Crippen molar-refractivity contribution in [2.75, 3.05) is 65.4 Å². The minimum atomic E-state index is 0.597. The highest BCUT2D eigenvalue weighted by molar-refractivity contribution is 4.76. The minimum absolute atomic E-state index is 0.597. The first-order chi connectivity index (χ1) is 13.7. The lowest BCUT2D eigenvalue weighted by molar-refractivity contribution is 0.157. The Balaban J connectivity index is 0. The number of rotatable bonds is 4. The molecule has 0 aromatic rings. The first kappa shape index (κ1) is 29.9. The van der Waals surface area contributed by atoms with Crippen molar-refractivity contribution in [1.29, 1.82) is 0 Å². The third kappa shape index (κ3) is 22.0. The summed E-state index contributed by atoms with van der Waals surface area (Å²) in [4.78, 5) is 2.78. The van der Waals surface area contributed by atoms with Crippen LogP contribution in [0.1, 0.15) is 57.8 Å². The molecule has 8 heteroatoms. The average molecular weight is 405 g/mol. The van der Waals surface area contributed by atoms with Gasteiger partial charge in [0.05, 0.1) is 0 Å². The summed E-state index contributed by atoms with van der Waals surface area (Å²) in [5, 5.41) is 3.54. The number of nitrogens with one attached hydrogen (secondary N) is 1. The molecule has 2 aliphatic rings. The van der Waals surface area contributed by atoms with E-state index in [4.69, 9.17) is 34.4 Å². The summed E-state index contributed by atoms with van der Waals surface area (Å²) in [5.74, 6) is 0. The van der Waals surface area contributed by atoms with Crippen molar-refractivity contribution < 1.29 is 0 Å². The normalized spacial score (nSPS) is 19.1. The van der Waals surface area contributed by atoms with Crippen LogP contribution < -0.4 is 39.7 Å². The zero-order valence-electron chi connectivity index (χ0n) is 18.4. The number of nitrogens with two attached hydrogens (primary N) is 6. The molecular weight excluding hydrogens is 352 g/mol. The van der Waals surface area contributed by atoms with E-state index in [1.807, 2.05) is 0 Å². The van der Waals surface area contributed by atoms with Gasteiger partial charge in [0.25, 0.3) is 0 Å². The van der Waals surface area contributed by atoms with Crippen molar-refractivity contribution in [3.63, 3.8) is 0 Å². The predicted molar refractivity (Wildman–Crippen MR) is 124 cm³/mol. The highest BCUT2D eigenvalue weighted by atomic mass is 15.2. The highest BCUT2D eigenvalue weighted by Crippen LogP contribution is 2.21. The largest absolute Gasteiger partial charge is 0.329 e. The Morgan fingerprint density at radius 3 is 1.46 bits per heavy atom. The Hall–Kier alpha value is -0.320. The molecule has 28 heavy (non-hydrogen) atoms. The molecule has 0 bridgehead atoms. The van der Waals surface area contributed by atoms with Crippen molar-refractivity contribution in [2.45, 2.75) is 63.8 Å². The van der Waals surface area contributed by atoms with Crippen LogP contribution >= 0.6 is 0 Å². The molecule has 1 aliphatic heterocycles. The van der Waals surface area contributed by atoms with Crippen LogP contribution in [0.3, 0.4) is 0 Å². The van der Waals surface area contributed by atoms with Crippen LogP contribution in [-0.4, -0.2) is 76.4 Å². The molecule has 0 atom stereocenters. The standard InChI is InChI=1S/C14H28N2.3C2H8N2/c1-2-4-8-14(9-5-3-1)16-12-7-6-10-15-11-13-16;3*3-1-2-4/h14-15H,1-13H2;3*1-4H2. The van der Waals surface area contributed by atoms with Gasteiger partial charge in [-0.3, -0.25) is 4.90 Å². The Labute approximate surface area is 174 Å². The monoisotopic (exact) mass is 404 g/mol. The maximum Gasteiger partial charge on any atom is 0.0110 e. The van der Waals surface area contributed by atoms with Gasteiger partial charge in [-0.15, -0.1) is 0 Å². The van der Waals surface area contributed by atoms with E-state index in [1.54, 1.807) is 0 Å². The molecule has 0 unspecified atom stereocenters. The lowest BCUT2D eigenvalue weighted by Gasteiger charge is -2.34. The Morgan fingerprint density at radius 1 is 0.536 bits per heavy atom. The molecular formula is C20H52N8.